The summed E-state index contributed by atoms with van der Waals surface area (Å²) < 4.78 is 0. The summed E-state index contributed by atoms with van der Waals surface area (Å²) in [5.41, 5.74) is 5.50. The predicted octanol–water partition coefficient (Wildman–Crippen LogP) is 5.78. The second-order valence-corrected chi connectivity index (χ2v) is 7.39. The monoisotopic (exact) mass is 269 g/mol. The number of para-hydroxylation sites is 1. The minimum absolute atomic E-state index is 0.134. The lowest BCUT2D eigenvalue weighted by Gasteiger charge is -2.26. The lowest BCUT2D eigenvalue weighted by Crippen LogP contribution is -2.16. The van der Waals surface area contributed by atoms with Gasteiger partial charge >= 0.3 is 0 Å². The third kappa shape index (κ3) is 2.59. The first-order chi connectivity index (χ1) is 9.23. The lowest BCUT2D eigenvalue weighted by atomic mass is 9.80. The van der Waals surface area contributed by atoms with Gasteiger partial charge in [0, 0.05) is 11.6 Å². The number of hydrogen-bond acceptors (Lipinski definition) is 1. The Morgan fingerprint density at radius 1 is 0.950 bits per heavy atom. The summed E-state index contributed by atoms with van der Waals surface area (Å²) in [6.07, 6.45) is 2.10. The number of benzene rings is 1. The number of pyridine rings is 1. The molecule has 1 aromatic heterocycles. The molecule has 20 heavy (non-hydrogen) atoms. The third-order valence-electron chi connectivity index (χ3n) is 3.98. The fraction of sp³-hybridized carbons (Fsp3) is 0.526. The first-order valence-corrected chi connectivity index (χ1v) is 7.65. The molecular formula is C19H27N. The molecule has 0 amide bonds. The van der Waals surface area contributed by atoms with Crippen LogP contribution >= 0.6 is 0 Å². The zero-order chi connectivity index (χ0) is 15.1. The van der Waals surface area contributed by atoms with Crippen molar-refractivity contribution in [1.29, 1.82) is 0 Å². The molecule has 0 atom stereocenters. The average molecular weight is 269 g/mol. The highest BCUT2D eigenvalue weighted by Gasteiger charge is 2.23. The standard InChI is InChI=1S/C19H27N/c1-12(2)14-9-8-10-15-17(13(3)4)16(19(5,6)7)11-20-18(14)15/h8-13H,1-7H3. The minimum Gasteiger partial charge on any atom is -0.256 e. The van der Waals surface area contributed by atoms with Crippen LogP contribution < -0.4 is 0 Å². The van der Waals surface area contributed by atoms with Crippen molar-refractivity contribution < 1.29 is 0 Å². The van der Waals surface area contributed by atoms with E-state index in [-0.39, 0.29) is 5.41 Å². The second kappa shape index (κ2) is 5.20. The summed E-state index contributed by atoms with van der Waals surface area (Å²) in [6.45, 7) is 15.9. The van der Waals surface area contributed by atoms with Gasteiger partial charge in [0.2, 0.25) is 0 Å². The molecule has 0 aliphatic carbocycles. The Kier molecular flexibility index (Phi) is 3.90. The Balaban J connectivity index is 2.87. The molecular weight excluding hydrogens is 242 g/mol. The zero-order valence-corrected chi connectivity index (χ0v) is 13.9. The summed E-state index contributed by atoms with van der Waals surface area (Å²) in [7, 11) is 0. The smallest absolute Gasteiger partial charge is 0.0739 e. The van der Waals surface area contributed by atoms with Crippen molar-refractivity contribution in [2.45, 2.75) is 65.7 Å². The van der Waals surface area contributed by atoms with E-state index in [1.54, 1.807) is 0 Å². The molecule has 2 aromatic rings. The number of hydrogen-bond donors (Lipinski definition) is 0. The van der Waals surface area contributed by atoms with E-state index in [9.17, 15) is 0 Å². The molecule has 0 saturated carbocycles. The normalized spacial score (nSPS) is 12.7. The van der Waals surface area contributed by atoms with Gasteiger partial charge in [-0.3, -0.25) is 4.98 Å². The van der Waals surface area contributed by atoms with Crippen molar-refractivity contribution in [3.05, 3.63) is 41.1 Å². The maximum Gasteiger partial charge on any atom is 0.0739 e. The molecule has 0 radical (unpaired) electrons. The Hall–Kier alpha value is -1.37. The van der Waals surface area contributed by atoms with E-state index < -0.39 is 0 Å². The van der Waals surface area contributed by atoms with Gasteiger partial charge in [-0.25, -0.2) is 0 Å². The SMILES string of the molecule is CC(C)c1c(C(C)(C)C)cnc2c(C(C)C)cccc12. The summed E-state index contributed by atoms with van der Waals surface area (Å²) >= 11 is 0. The highest BCUT2D eigenvalue weighted by atomic mass is 14.7. The molecule has 0 unspecified atom stereocenters. The van der Waals surface area contributed by atoms with Crippen LogP contribution in [0.5, 0.6) is 0 Å². The summed E-state index contributed by atoms with van der Waals surface area (Å²) in [5.74, 6) is 1.02. The Labute approximate surface area is 123 Å². The zero-order valence-electron chi connectivity index (χ0n) is 13.9. The van der Waals surface area contributed by atoms with Crippen LogP contribution in [0.4, 0.5) is 0 Å². The van der Waals surface area contributed by atoms with E-state index in [1.165, 1.54) is 27.6 Å². The van der Waals surface area contributed by atoms with E-state index in [4.69, 9.17) is 4.98 Å². The quantitative estimate of drug-likeness (QED) is 0.673. The highest BCUT2D eigenvalue weighted by molar-refractivity contribution is 5.87. The number of fused-ring (bicyclic) bond motifs is 1. The first kappa shape index (κ1) is 15.0. The van der Waals surface area contributed by atoms with Crippen LogP contribution in [-0.4, -0.2) is 4.98 Å². The Morgan fingerprint density at radius 2 is 1.60 bits per heavy atom. The molecule has 0 spiro atoms. The average Bonchev–Trinajstić information content (AvgIpc) is 2.34. The molecule has 2 rings (SSSR count). The van der Waals surface area contributed by atoms with Gasteiger partial charge < -0.3 is 0 Å². The topological polar surface area (TPSA) is 12.9 Å². The number of rotatable bonds is 2. The predicted molar refractivity (Wildman–Crippen MR) is 88.6 cm³/mol. The van der Waals surface area contributed by atoms with Gasteiger partial charge in [-0.1, -0.05) is 66.7 Å². The van der Waals surface area contributed by atoms with E-state index in [1.807, 2.05) is 0 Å². The molecule has 0 fully saturated rings. The van der Waals surface area contributed by atoms with Gasteiger partial charge in [0.05, 0.1) is 5.52 Å². The summed E-state index contributed by atoms with van der Waals surface area (Å²) in [5, 5.41) is 1.33. The summed E-state index contributed by atoms with van der Waals surface area (Å²) in [4.78, 5) is 4.81. The van der Waals surface area contributed by atoms with E-state index in [0.29, 0.717) is 11.8 Å². The molecule has 0 N–H and O–H groups in total. The number of aromatic nitrogens is 1. The van der Waals surface area contributed by atoms with Crippen molar-refractivity contribution in [1.82, 2.24) is 4.98 Å². The van der Waals surface area contributed by atoms with Gasteiger partial charge in [-0.05, 0) is 33.9 Å². The molecule has 0 aliphatic heterocycles. The van der Waals surface area contributed by atoms with Gasteiger partial charge in [-0.2, -0.15) is 0 Å². The van der Waals surface area contributed by atoms with Gasteiger partial charge in [0.25, 0.3) is 0 Å². The fourth-order valence-electron chi connectivity index (χ4n) is 2.95. The van der Waals surface area contributed by atoms with Crippen LogP contribution in [0.25, 0.3) is 10.9 Å². The molecule has 108 valence electrons. The first-order valence-electron chi connectivity index (χ1n) is 7.65. The van der Waals surface area contributed by atoms with Crippen LogP contribution in [0.2, 0.25) is 0 Å². The lowest BCUT2D eigenvalue weighted by molar-refractivity contribution is 0.576. The highest BCUT2D eigenvalue weighted by Crippen LogP contribution is 2.36. The maximum atomic E-state index is 4.81. The van der Waals surface area contributed by atoms with Crippen LogP contribution in [0.15, 0.2) is 24.4 Å². The van der Waals surface area contributed by atoms with Crippen LogP contribution in [0, 0.1) is 0 Å². The van der Waals surface area contributed by atoms with Crippen LogP contribution in [0.3, 0.4) is 0 Å². The van der Waals surface area contributed by atoms with Gasteiger partial charge in [0.1, 0.15) is 0 Å². The molecule has 0 aliphatic rings. The van der Waals surface area contributed by atoms with E-state index in [2.05, 4.69) is 72.9 Å². The molecule has 1 aromatic carbocycles. The minimum atomic E-state index is 0.134. The Bertz CT molecular complexity index is 615. The van der Waals surface area contributed by atoms with Gasteiger partial charge in [0.15, 0.2) is 0 Å². The Morgan fingerprint density at radius 3 is 2.10 bits per heavy atom. The fourth-order valence-corrected chi connectivity index (χ4v) is 2.95. The largest absolute Gasteiger partial charge is 0.256 e. The van der Waals surface area contributed by atoms with Crippen LogP contribution in [-0.2, 0) is 5.41 Å². The van der Waals surface area contributed by atoms with Crippen molar-refractivity contribution in [2.24, 2.45) is 0 Å². The number of nitrogens with zero attached hydrogens (tertiary/aromatic N) is 1. The van der Waals surface area contributed by atoms with Crippen molar-refractivity contribution in [3.63, 3.8) is 0 Å². The molecule has 1 heterocycles. The maximum absolute atomic E-state index is 4.81. The van der Waals surface area contributed by atoms with E-state index >= 15 is 0 Å². The molecule has 0 saturated heterocycles. The summed E-state index contributed by atoms with van der Waals surface area (Å²) in [6, 6.07) is 6.62. The van der Waals surface area contributed by atoms with Gasteiger partial charge in [-0.15, -0.1) is 0 Å². The third-order valence-corrected chi connectivity index (χ3v) is 3.98. The molecule has 1 nitrogen and oxygen atoms in total. The van der Waals surface area contributed by atoms with Crippen molar-refractivity contribution >= 4 is 10.9 Å². The molecule has 0 bridgehead atoms. The van der Waals surface area contributed by atoms with Crippen molar-refractivity contribution in [3.8, 4) is 0 Å². The van der Waals surface area contributed by atoms with Crippen LogP contribution in [0.1, 0.15) is 77.0 Å². The second-order valence-electron chi connectivity index (χ2n) is 7.39. The molecule has 1 heteroatoms. The van der Waals surface area contributed by atoms with Crippen molar-refractivity contribution in [2.75, 3.05) is 0 Å². The van der Waals surface area contributed by atoms with E-state index in [0.717, 1.165) is 0 Å².